The first-order chi connectivity index (χ1) is 9.58. The molecule has 3 nitrogen and oxygen atoms in total. The van der Waals surface area contributed by atoms with Crippen LogP contribution >= 0.6 is 0 Å². The first-order valence-electron chi connectivity index (χ1n) is 6.98. The Morgan fingerprint density at radius 2 is 1.90 bits per heavy atom. The van der Waals surface area contributed by atoms with Crippen LogP contribution in [0.1, 0.15) is 48.0 Å². The third kappa shape index (κ3) is 3.50. The molecule has 0 aliphatic rings. The van der Waals surface area contributed by atoms with Crippen LogP contribution < -0.4 is 5.32 Å². The molecule has 1 atom stereocenters. The Kier molecular flexibility index (Phi) is 4.61. The van der Waals surface area contributed by atoms with Crippen LogP contribution in [0.15, 0.2) is 47.1 Å². The Labute approximate surface area is 120 Å². The lowest BCUT2D eigenvalue weighted by Gasteiger charge is -2.20. The van der Waals surface area contributed by atoms with Crippen molar-refractivity contribution in [3.8, 4) is 0 Å². The second-order valence-electron chi connectivity index (χ2n) is 5.50. The third-order valence-electron chi connectivity index (χ3n) is 3.28. The van der Waals surface area contributed by atoms with E-state index in [4.69, 9.17) is 4.42 Å². The average Bonchev–Trinajstić information content (AvgIpc) is 2.85. The SMILES string of the molecule is Cc1ccoc1C(=O)NC(CC(C)C)c1ccccc1. The zero-order chi connectivity index (χ0) is 14.5. The first-order valence-corrected chi connectivity index (χ1v) is 6.98. The average molecular weight is 271 g/mol. The summed E-state index contributed by atoms with van der Waals surface area (Å²) in [5.74, 6) is 0.745. The predicted molar refractivity (Wildman–Crippen MR) is 79.5 cm³/mol. The molecule has 0 saturated heterocycles. The van der Waals surface area contributed by atoms with Crippen molar-refractivity contribution >= 4 is 5.91 Å². The number of carbonyl (C=O) groups excluding carboxylic acids is 1. The summed E-state index contributed by atoms with van der Waals surface area (Å²) in [6.07, 6.45) is 2.44. The standard InChI is InChI=1S/C17H21NO2/c1-12(2)11-15(14-7-5-4-6-8-14)18-17(19)16-13(3)9-10-20-16/h4-10,12,15H,11H2,1-3H3,(H,18,19). The smallest absolute Gasteiger partial charge is 0.287 e. The van der Waals surface area contributed by atoms with E-state index in [0.29, 0.717) is 11.7 Å². The number of carbonyl (C=O) groups is 1. The highest BCUT2D eigenvalue weighted by atomic mass is 16.3. The van der Waals surface area contributed by atoms with Crippen LogP contribution in [-0.2, 0) is 0 Å². The number of rotatable bonds is 5. The van der Waals surface area contributed by atoms with E-state index < -0.39 is 0 Å². The molecule has 1 aromatic heterocycles. The van der Waals surface area contributed by atoms with Crippen molar-refractivity contribution < 1.29 is 9.21 Å². The molecule has 1 N–H and O–H groups in total. The Morgan fingerprint density at radius 1 is 1.20 bits per heavy atom. The molecule has 1 heterocycles. The number of hydrogen-bond acceptors (Lipinski definition) is 2. The number of benzene rings is 1. The fraction of sp³-hybridized carbons (Fsp3) is 0.353. The largest absolute Gasteiger partial charge is 0.459 e. The van der Waals surface area contributed by atoms with Crippen LogP contribution in [0.3, 0.4) is 0 Å². The molecule has 2 rings (SSSR count). The summed E-state index contributed by atoms with van der Waals surface area (Å²) in [6.45, 7) is 6.18. The van der Waals surface area contributed by atoms with E-state index in [9.17, 15) is 4.79 Å². The molecular formula is C17H21NO2. The van der Waals surface area contributed by atoms with Gasteiger partial charge in [0.15, 0.2) is 5.76 Å². The molecule has 3 heteroatoms. The minimum absolute atomic E-state index is 0.00759. The van der Waals surface area contributed by atoms with E-state index >= 15 is 0 Å². The fourth-order valence-corrected chi connectivity index (χ4v) is 2.26. The van der Waals surface area contributed by atoms with Crippen molar-refractivity contribution in [2.24, 2.45) is 5.92 Å². The topological polar surface area (TPSA) is 42.2 Å². The molecule has 0 saturated carbocycles. The highest BCUT2D eigenvalue weighted by molar-refractivity contribution is 5.93. The van der Waals surface area contributed by atoms with Crippen molar-refractivity contribution in [2.45, 2.75) is 33.2 Å². The zero-order valence-corrected chi connectivity index (χ0v) is 12.2. The summed E-state index contributed by atoms with van der Waals surface area (Å²) < 4.78 is 5.26. The lowest BCUT2D eigenvalue weighted by molar-refractivity contribution is 0.0903. The van der Waals surface area contributed by atoms with Gasteiger partial charge in [-0.3, -0.25) is 4.79 Å². The van der Waals surface area contributed by atoms with Gasteiger partial charge in [-0.1, -0.05) is 44.2 Å². The van der Waals surface area contributed by atoms with Crippen LogP contribution in [0.4, 0.5) is 0 Å². The van der Waals surface area contributed by atoms with Gasteiger partial charge in [0.05, 0.1) is 12.3 Å². The molecule has 0 fully saturated rings. The lowest BCUT2D eigenvalue weighted by atomic mass is 9.97. The van der Waals surface area contributed by atoms with Gasteiger partial charge in [0, 0.05) is 5.56 Å². The van der Waals surface area contributed by atoms with E-state index in [1.54, 1.807) is 12.3 Å². The zero-order valence-electron chi connectivity index (χ0n) is 12.2. The van der Waals surface area contributed by atoms with Crippen molar-refractivity contribution in [1.29, 1.82) is 0 Å². The van der Waals surface area contributed by atoms with Crippen LogP contribution in [0, 0.1) is 12.8 Å². The van der Waals surface area contributed by atoms with Gasteiger partial charge in [-0.15, -0.1) is 0 Å². The lowest BCUT2D eigenvalue weighted by Crippen LogP contribution is -2.29. The molecule has 1 amide bonds. The van der Waals surface area contributed by atoms with Crippen molar-refractivity contribution in [3.05, 3.63) is 59.5 Å². The van der Waals surface area contributed by atoms with Gasteiger partial charge in [0.25, 0.3) is 5.91 Å². The van der Waals surface area contributed by atoms with E-state index in [1.165, 1.54) is 0 Å². The summed E-state index contributed by atoms with van der Waals surface area (Å²) in [7, 11) is 0. The monoisotopic (exact) mass is 271 g/mol. The second kappa shape index (κ2) is 6.42. The first kappa shape index (κ1) is 14.4. The summed E-state index contributed by atoms with van der Waals surface area (Å²) in [4.78, 5) is 12.3. The number of amides is 1. The Hall–Kier alpha value is -2.03. The number of furan rings is 1. The van der Waals surface area contributed by atoms with E-state index in [-0.39, 0.29) is 11.9 Å². The molecule has 0 aliphatic heterocycles. The van der Waals surface area contributed by atoms with Gasteiger partial charge in [0.1, 0.15) is 0 Å². The molecule has 0 aliphatic carbocycles. The highest BCUT2D eigenvalue weighted by Crippen LogP contribution is 2.22. The van der Waals surface area contributed by atoms with Crippen LogP contribution in [0.25, 0.3) is 0 Å². The van der Waals surface area contributed by atoms with Crippen molar-refractivity contribution in [3.63, 3.8) is 0 Å². The maximum Gasteiger partial charge on any atom is 0.287 e. The van der Waals surface area contributed by atoms with Crippen LogP contribution in [0.2, 0.25) is 0 Å². The van der Waals surface area contributed by atoms with Crippen molar-refractivity contribution in [1.82, 2.24) is 5.32 Å². The van der Waals surface area contributed by atoms with Gasteiger partial charge in [0.2, 0.25) is 0 Å². The van der Waals surface area contributed by atoms with Gasteiger partial charge in [-0.25, -0.2) is 0 Å². The molecule has 106 valence electrons. The number of hydrogen-bond donors (Lipinski definition) is 1. The Bertz CT molecular complexity index is 557. The molecule has 0 bridgehead atoms. The highest BCUT2D eigenvalue weighted by Gasteiger charge is 2.19. The van der Waals surface area contributed by atoms with Gasteiger partial charge in [-0.2, -0.15) is 0 Å². The quantitative estimate of drug-likeness (QED) is 0.889. The summed E-state index contributed by atoms with van der Waals surface area (Å²) in [6, 6.07) is 11.9. The molecular weight excluding hydrogens is 250 g/mol. The van der Waals surface area contributed by atoms with Crippen LogP contribution in [0.5, 0.6) is 0 Å². The maximum atomic E-state index is 12.3. The van der Waals surface area contributed by atoms with E-state index in [0.717, 1.165) is 17.5 Å². The van der Waals surface area contributed by atoms with Gasteiger partial charge < -0.3 is 9.73 Å². The second-order valence-corrected chi connectivity index (χ2v) is 5.50. The van der Waals surface area contributed by atoms with Crippen LogP contribution in [-0.4, -0.2) is 5.91 Å². The normalized spacial score (nSPS) is 12.4. The van der Waals surface area contributed by atoms with Gasteiger partial charge in [-0.05, 0) is 30.9 Å². The summed E-state index contributed by atoms with van der Waals surface area (Å²) in [5.41, 5.74) is 1.98. The Balaban J connectivity index is 2.16. The molecule has 0 radical (unpaired) electrons. The molecule has 0 spiro atoms. The fourth-order valence-electron chi connectivity index (χ4n) is 2.26. The maximum absolute atomic E-state index is 12.3. The molecule has 1 unspecified atom stereocenters. The predicted octanol–water partition coefficient (Wildman–Crippen LogP) is 4.11. The van der Waals surface area contributed by atoms with Gasteiger partial charge >= 0.3 is 0 Å². The van der Waals surface area contributed by atoms with E-state index in [1.807, 2.05) is 37.3 Å². The molecule has 2 aromatic rings. The number of aryl methyl sites for hydroxylation is 1. The van der Waals surface area contributed by atoms with E-state index in [2.05, 4.69) is 19.2 Å². The molecule has 1 aromatic carbocycles. The minimum Gasteiger partial charge on any atom is -0.459 e. The third-order valence-corrected chi connectivity index (χ3v) is 3.28. The Morgan fingerprint density at radius 3 is 2.45 bits per heavy atom. The van der Waals surface area contributed by atoms with Crippen molar-refractivity contribution in [2.75, 3.05) is 0 Å². The summed E-state index contributed by atoms with van der Waals surface area (Å²) in [5, 5.41) is 3.08. The number of nitrogens with one attached hydrogen (secondary N) is 1. The molecule has 20 heavy (non-hydrogen) atoms. The summed E-state index contributed by atoms with van der Waals surface area (Å²) >= 11 is 0. The minimum atomic E-state index is -0.151.